The number of nitrogens with zero attached hydrogens (tertiary/aromatic N) is 3. The number of hydrogen-bond acceptors (Lipinski definition) is 6. The third-order valence-electron chi connectivity index (χ3n) is 5.04. The second kappa shape index (κ2) is 9.56. The molecule has 2 aromatic carbocycles. The molecule has 0 aromatic heterocycles. The van der Waals surface area contributed by atoms with Crippen LogP contribution >= 0.6 is 23.4 Å². The van der Waals surface area contributed by atoms with Crippen molar-refractivity contribution in [3.05, 3.63) is 63.2 Å². The minimum absolute atomic E-state index is 0.0795. The number of non-ortho nitro benzene ring substituents is 1. The molecule has 3 rings (SSSR count). The van der Waals surface area contributed by atoms with E-state index in [4.69, 9.17) is 11.6 Å². The summed E-state index contributed by atoms with van der Waals surface area (Å²) in [7, 11) is -3.90. The lowest BCUT2D eigenvalue weighted by atomic mass is 10.2. The number of nitro benzene ring substituents is 1. The van der Waals surface area contributed by atoms with E-state index in [2.05, 4.69) is 0 Å². The van der Waals surface area contributed by atoms with Crippen LogP contribution in [0.15, 0.2) is 52.3 Å². The Kier molecular flexibility index (Phi) is 7.25. The maximum absolute atomic E-state index is 13.1. The van der Waals surface area contributed by atoms with Gasteiger partial charge in [0.05, 0.1) is 20.1 Å². The smallest absolute Gasteiger partial charge is 0.270 e. The van der Waals surface area contributed by atoms with Crippen LogP contribution in [0.1, 0.15) is 12.5 Å². The average molecular weight is 484 g/mol. The SMILES string of the molecule is Cc1ccc([N+](=O)[O-])cc1S(=O)(=O)N1CCN(C(=O)C(C)Sc2ccccc2Cl)CC1. The van der Waals surface area contributed by atoms with E-state index in [-0.39, 0.29) is 47.9 Å². The van der Waals surface area contributed by atoms with E-state index in [0.29, 0.717) is 10.6 Å². The number of carbonyl (C=O) groups is 1. The molecule has 2 aromatic rings. The third-order valence-corrected chi connectivity index (χ3v) is 8.69. The predicted molar refractivity (Wildman–Crippen MR) is 120 cm³/mol. The van der Waals surface area contributed by atoms with Crippen molar-refractivity contribution in [2.24, 2.45) is 0 Å². The van der Waals surface area contributed by atoms with Crippen LogP contribution in [0, 0.1) is 17.0 Å². The first-order chi connectivity index (χ1) is 14.6. The normalized spacial score (nSPS) is 16.2. The molecule has 0 bridgehead atoms. The molecule has 8 nitrogen and oxygen atoms in total. The lowest BCUT2D eigenvalue weighted by Crippen LogP contribution is -2.52. The van der Waals surface area contributed by atoms with Gasteiger partial charge in [0.15, 0.2) is 0 Å². The van der Waals surface area contributed by atoms with E-state index in [0.717, 1.165) is 11.0 Å². The maximum atomic E-state index is 13.1. The van der Waals surface area contributed by atoms with Gasteiger partial charge in [-0.25, -0.2) is 8.42 Å². The summed E-state index contributed by atoms with van der Waals surface area (Å²) in [5.74, 6) is -0.0894. The van der Waals surface area contributed by atoms with Gasteiger partial charge in [-0.15, -0.1) is 11.8 Å². The molecule has 0 aliphatic carbocycles. The molecule has 0 saturated carbocycles. The summed E-state index contributed by atoms with van der Waals surface area (Å²) in [6, 6.07) is 11.1. The zero-order chi connectivity index (χ0) is 22.8. The minimum Gasteiger partial charge on any atom is -0.339 e. The molecule has 1 amide bonds. The molecule has 1 saturated heterocycles. The summed E-state index contributed by atoms with van der Waals surface area (Å²) >= 11 is 7.53. The number of rotatable bonds is 6. The van der Waals surface area contributed by atoms with Gasteiger partial charge in [-0.3, -0.25) is 14.9 Å². The van der Waals surface area contributed by atoms with Crippen molar-refractivity contribution in [1.29, 1.82) is 0 Å². The largest absolute Gasteiger partial charge is 0.339 e. The van der Waals surface area contributed by atoms with Crippen LogP contribution in [-0.4, -0.2) is 59.9 Å². The quantitative estimate of drug-likeness (QED) is 0.353. The molecular formula is C20H22ClN3O5S2. The highest BCUT2D eigenvalue weighted by molar-refractivity contribution is 8.00. The van der Waals surface area contributed by atoms with Gasteiger partial charge >= 0.3 is 0 Å². The van der Waals surface area contributed by atoms with Gasteiger partial charge < -0.3 is 4.90 Å². The van der Waals surface area contributed by atoms with Crippen molar-refractivity contribution in [1.82, 2.24) is 9.21 Å². The number of sulfonamides is 1. The Labute approximate surface area is 190 Å². The average Bonchev–Trinajstić information content (AvgIpc) is 2.74. The van der Waals surface area contributed by atoms with Crippen LogP contribution in [-0.2, 0) is 14.8 Å². The fourth-order valence-electron chi connectivity index (χ4n) is 3.31. The van der Waals surface area contributed by atoms with Gasteiger partial charge in [-0.2, -0.15) is 4.31 Å². The third kappa shape index (κ3) is 5.20. The zero-order valence-corrected chi connectivity index (χ0v) is 19.4. The fraction of sp³-hybridized carbons (Fsp3) is 0.350. The molecule has 0 N–H and O–H groups in total. The molecule has 1 aliphatic heterocycles. The number of benzene rings is 2. The topological polar surface area (TPSA) is 101 Å². The number of hydrogen-bond donors (Lipinski definition) is 0. The van der Waals surface area contributed by atoms with Gasteiger partial charge in [0.25, 0.3) is 5.69 Å². The Morgan fingerprint density at radius 3 is 2.42 bits per heavy atom. The molecule has 31 heavy (non-hydrogen) atoms. The number of thioether (sulfide) groups is 1. The van der Waals surface area contributed by atoms with Gasteiger partial charge in [-0.05, 0) is 31.5 Å². The monoisotopic (exact) mass is 483 g/mol. The molecule has 166 valence electrons. The highest BCUT2D eigenvalue weighted by atomic mass is 35.5. The highest BCUT2D eigenvalue weighted by Gasteiger charge is 2.33. The summed E-state index contributed by atoms with van der Waals surface area (Å²) in [6.45, 7) is 4.15. The molecule has 0 radical (unpaired) electrons. The van der Waals surface area contributed by atoms with Crippen LogP contribution < -0.4 is 0 Å². The maximum Gasteiger partial charge on any atom is 0.270 e. The number of aryl methyl sites for hydroxylation is 1. The minimum atomic E-state index is -3.90. The lowest BCUT2D eigenvalue weighted by molar-refractivity contribution is -0.385. The Balaban J connectivity index is 1.67. The lowest BCUT2D eigenvalue weighted by Gasteiger charge is -2.35. The van der Waals surface area contributed by atoms with E-state index in [1.54, 1.807) is 24.8 Å². The molecule has 1 fully saturated rings. The van der Waals surface area contributed by atoms with E-state index in [1.165, 1.54) is 28.2 Å². The number of carbonyl (C=O) groups excluding carboxylic acids is 1. The summed E-state index contributed by atoms with van der Waals surface area (Å²) in [5, 5.41) is 11.3. The van der Waals surface area contributed by atoms with E-state index in [9.17, 15) is 23.3 Å². The molecule has 1 atom stereocenters. The number of piperazine rings is 1. The summed E-state index contributed by atoms with van der Waals surface area (Å²) in [6.07, 6.45) is 0. The number of halogens is 1. The summed E-state index contributed by atoms with van der Waals surface area (Å²) in [4.78, 5) is 25.6. The Morgan fingerprint density at radius 2 is 1.81 bits per heavy atom. The first kappa shape index (κ1) is 23.5. The van der Waals surface area contributed by atoms with Gasteiger partial charge in [0.2, 0.25) is 15.9 Å². The number of amides is 1. The second-order valence-electron chi connectivity index (χ2n) is 7.13. The Morgan fingerprint density at radius 1 is 1.16 bits per heavy atom. The molecule has 1 unspecified atom stereocenters. The van der Waals surface area contributed by atoms with Crippen LogP contribution in [0.4, 0.5) is 5.69 Å². The fourth-order valence-corrected chi connectivity index (χ4v) is 6.21. The van der Waals surface area contributed by atoms with Gasteiger partial charge in [0.1, 0.15) is 0 Å². The first-order valence-electron chi connectivity index (χ1n) is 9.56. The predicted octanol–water partition coefficient (Wildman–Crippen LogP) is 3.57. The van der Waals surface area contributed by atoms with Crippen LogP contribution in [0.2, 0.25) is 5.02 Å². The highest BCUT2D eigenvalue weighted by Crippen LogP contribution is 2.31. The van der Waals surface area contributed by atoms with Crippen LogP contribution in [0.25, 0.3) is 0 Å². The van der Waals surface area contributed by atoms with Gasteiger partial charge in [0, 0.05) is 43.2 Å². The standard InChI is InChI=1S/C20H22ClN3O5S2/c1-14-7-8-16(24(26)27)13-19(14)31(28,29)23-11-9-22(10-12-23)20(25)15(2)30-18-6-4-3-5-17(18)21/h3-8,13,15H,9-12H2,1-2H3. The first-order valence-corrected chi connectivity index (χ1v) is 12.3. The Hall–Kier alpha value is -2.14. The van der Waals surface area contributed by atoms with Gasteiger partial charge in [-0.1, -0.05) is 29.8 Å². The Bertz CT molecular complexity index is 1100. The van der Waals surface area contributed by atoms with Crippen LogP contribution in [0.5, 0.6) is 0 Å². The molecule has 1 aliphatic rings. The van der Waals surface area contributed by atoms with E-state index in [1.807, 2.05) is 18.2 Å². The van der Waals surface area contributed by atoms with E-state index >= 15 is 0 Å². The van der Waals surface area contributed by atoms with Crippen molar-refractivity contribution in [3.8, 4) is 0 Å². The van der Waals surface area contributed by atoms with E-state index < -0.39 is 14.9 Å². The summed E-state index contributed by atoms with van der Waals surface area (Å²) in [5.41, 5.74) is 0.164. The van der Waals surface area contributed by atoms with Crippen LogP contribution in [0.3, 0.4) is 0 Å². The van der Waals surface area contributed by atoms with Crippen molar-refractivity contribution in [3.63, 3.8) is 0 Å². The molecular weight excluding hydrogens is 462 g/mol. The van der Waals surface area contributed by atoms with Crippen molar-refractivity contribution < 1.29 is 18.1 Å². The molecule has 11 heteroatoms. The number of nitro groups is 1. The molecule has 1 heterocycles. The second-order valence-corrected chi connectivity index (χ2v) is 10.8. The van der Waals surface area contributed by atoms with Crippen molar-refractivity contribution >= 4 is 45.0 Å². The van der Waals surface area contributed by atoms with Crippen molar-refractivity contribution in [2.75, 3.05) is 26.2 Å². The molecule has 0 spiro atoms. The van der Waals surface area contributed by atoms with Crippen molar-refractivity contribution in [2.45, 2.75) is 28.9 Å². The zero-order valence-electron chi connectivity index (χ0n) is 17.0. The summed E-state index contributed by atoms with van der Waals surface area (Å²) < 4.78 is 27.4.